The van der Waals surface area contributed by atoms with Gasteiger partial charge in [-0.1, -0.05) is 20.8 Å². The van der Waals surface area contributed by atoms with Crippen LogP contribution in [0.25, 0.3) is 0 Å². The van der Waals surface area contributed by atoms with E-state index in [1.807, 2.05) is 6.92 Å². The smallest absolute Gasteiger partial charge is 0.309 e. The number of carbonyl (C=O) groups excluding carboxylic acids is 1. The molecule has 0 saturated heterocycles. The van der Waals surface area contributed by atoms with E-state index in [1.165, 1.54) is 7.11 Å². The molecular formula is C9H19NO2. The lowest BCUT2D eigenvalue weighted by Crippen LogP contribution is -2.32. The maximum Gasteiger partial charge on any atom is 0.309 e. The van der Waals surface area contributed by atoms with Crippen LogP contribution in [0, 0.1) is 5.92 Å². The summed E-state index contributed by atoms with van der Waals surface area (Å²) in [6.07, 6.45) is 0. The van der Waals surface area contributed by atoms with Crippen molar-refractivity contribution in [3.05, 3.63) is 0 Å². The topological polar surface area (TPSA) is 29.5 Å². The van der Waals surface area contributed by atoms with Gasteiger partial charge in [0.1, 0.15) is 0 Å². The quantitative estimate of drug-likeness (QED) is 0.584. The number of hydrogen-bond acceptors (Lipinski definition) is 3. The molecule has 0 aromatic rings. The minimum atomic E-state index is -0.123. The molecule has 72 valence electrons. The molecule has 0 heterocycles. The summed E-state index contributed by atoms with van der Waals surface area (Å²) >= 11 is 0. The third-order valence-electron chi connectivity index (χ3n) is 2.03. The van der Waals surface area contributed by atoms with Gasteiger partial charge >= 0.3 is 5.97 Å². The van der Waals surface area contributed by atoms with Gasteiger partial charge in [-0.25, -0.2) is 0 Å². The summed E-state index contributed by atoms with van der Waals surface area (Å²) in [6, 6.07) is 0. The highest BCUT2D eigenvalue weighted by atomic mass is 16.5. The maximum absolute atomic E-state index is 11.0. The fourth-order valence-electron chi connectivity index (χ4n) is 1.14. The molecule has 0 rings (SSSR count). The Bertz CT molecular complexity index is 132. The molecule has 0 amide bonds. The summed E-state index contributed by atoms with van der Waals surface area (Å²) in [5, 5.41) is 0. The van der Waals surface area contributed by atoms with Crippen molar-refractivity contribution in [2.75, 3.05) is 26.7 Å². The maximum atomic E-state index is 11.0. The molecule has 0 saturated carbocycles. The molecule has 0 bridgehead atoms. The molecule has 12 heavy (non-hydrogen) atoms. The van der Waals surface area contributed by atoms with Crippen molar-refractivity contribution in [1.29, 1.82) is 0 Å². The third kappa shape index (κ3) is 3.72. The van der Waals surface area contributed by atoms with Crippen LogP contribution in [-0.4, -0.2) is 37.6 Å². The van der Waals surface area contributed by atoms with Gasteiger partial charge in [-0.05, 0) is 13.1 Å². The van der Waals surface area contributed by atoms with E-state index in [2.05, 4.69) is 23.5 Å². The Morgan fingerprint density at radius 2 is 1.92 bits per heavy atom. The van der Waals surface area contributed by atoms with E-state index >= 15 is 0 Å². The predicted octanol–water partition coefficient (Wildman–Crippen LogP) is 1.14. The van der Waals surface area contributed by atoms with Crippen LogP contribution >= 0.6 is 0 Å². The first-order valence-electron chi connectivity index (χ1n) is 4.45. The number of rotatable bonds is 5. The highest BCUT2D eigenvalue weighted by Gasteiger charge is 2.15. The van der Waals surface area contributed by atoms with Crippen LogP contribution in [0.5, 0.6) is 0 Å². The third-order valence-corrected chi connectivity index (χ3v) is 2.03. The number of methoxy groups -OCH3 is 1. The summed E-state index contributed by atoms with van der Waals surface area (Å²) in [5.41, 5.74) is 0. The summed E-state index contributed by atoms with van der Waals surface area (Å²) < 4.78 is 4.64. The van der Waals surface area contributed by atoms with E-state index in [9.17, 15) is 4.79 Å². The zero-order chi connectivity index (χ0) is 9.56. The average Bonchev–Trinajstić information content (AvgIpc) is 2.12. The Hall–Kier alpha value is -0.570. The Labute approximate surface area is 74.7 Å². The van der Waals surface area contributed by atoms with Gasteiger partial charge in [0.15, 0.2) is 0 Å². The molecule has 3 heteroatoms. The highest BCUT2D eigenvalue weighted by Crippen LogP contribution is 2.01. The number of esters is 1. The van der Waals surface area contributed by atoms with Crippen molar-refractivity contribution < 1.29 is 9.53 Å². The van der Waals surface area contributed by atoms with Crippen molar-refractivity contribution in [2.24, 2.45) is 5.92 Å². The van der Waals surface area contributed by atoms with Crippen molar-refractivity contribution in [3.8, 4) is 0 Å². The van der Waals surface area contributed by atoms with E-state index in [4.69, 9.17) is 0 Å². The van der Waals surface area contributed by atoms with Gasteiger partial charge in [0, 0.05) is 6.54 Å². The minimum absolute atomic E-state index is 0.0186. The normalized spacial score (nSPS) is 13.1. The molecule has 0 fully saturated rings. The van der Waals surface area contributed by atoms with E-state index in [0.29, 0.717) is 0 Å². The lowest BCUT2D eigenvalue weighted by Gasteiger charge is -2.20. The average molecular weight is 173 g/mol. The van der Waals surface area contributed by atoms with Crippen LogP contribution in [-0.2, 0) is 9.53 Å². The molecule has 0 aliphatic rings. The van der Waals surface area contributed by atoms with Crippen LogP contribution in [0.1, 0.15) is 20.8 Å². The van der Waals surface area contributed by atoms with Crippen LogP contribution in [0.15, 0.2) is 0 Å². The summed E-state index contributed by atoms with van der Waals surface area (Å²) in [5.74, 6) is -0.142. The Morgan fingerprint density at radius 1 is 1.42 bits per heavy atom. The SMILES string of the molecule is CCN(CC)C[C@@H](C)C(=O)OC. The number of carbonyl (C=O) groups is 1. The van der Waals surface area contributed by atoms with Gasteiger partial charge < -0.3 is 9.64 Å². The molecule has 1 atom stereocenters. The first-order valence-corrected chi connectivity index (χ1v) is 4.45. The molecule has 0 unspecified atom stereocenters. The van der Waals surface area contributed by atoms with Gasteiger partial charge in [0.25, 0.3) is 0 Å². The highest BCUT2D eigenvalue weighted by molar-refractivity contribution is 5.72. The van der Waals surface area contributed by atoms with Gasteiger partial charge in [0.2, 0.25) is 0 Å². The van der Waals surface area contributed by atoms with Crippen molar-refractivity contribution in [3.63, 3.8) is 0 Å². The van der Waals surface area contributed by atoms with E-state index in [1.54, 1.807) is 0 Å². The Balaban J connectivity index is 3.80. The summed E-state index contributed by atoms with van der Waals surface area (Å²) in [6.45, 7) is 8.83. The zero-order valence-corrected chi connectivity index (χ0v) is 8.46. The first-order chi connectivity index (χ1) is 5.65. The second-order valence-electron chi connectivity index (χ2n) is 2.91. The van der Waals surface area contributed by atoms with Gasteiger partial charge in [-0.2, -0.15) is 0 Å². The summed E-state index contributed by atoms with van der Waals surface area (Å²) in [4.78, 5) is 13.2. The monoisotopic (exact) mass is 173 g/mol. The Morgan fingerprint density at radius 3 is 2.25 bits per heavy atom. The van der Waals surface area contributed by atoms with Crippen LogP contribution in [0.3, 0.4) is 0 Å². The molecule has 0 aliphatic carbocycles. The fourth-order valence-corrected chi connectivity index (χ4v) is 1.14. The van der Waals surface area contributed by atoms with Crippen molar-refractivity contribution in [1.82, 2.24) is 4.90 Å². The largest absolute Gasteiger partial charge is 0.469 e. The van der Waals surface area contributed by atoms with E-state index in [-0.39, 0.29) is 11.9 Å². The predicted molar refractivity (Wildman–Crippen MR) is 49.0 cm³/mol. The van der Waals surface area contributed by atoms with Crippen LogP contribution in [0.4, 0.5) is 0 Å². The molecule has 0 spiro atoms. The van der Waals surface area contributed by atoms with Crippen molar-refractivity contribution >= 4 is 5.97 Å². The lowest BCUT2D eigenvalue weighted by molar-refractivity contribution is -0.145. The molecule has 0 aromatic heterocycles. The van der Waals surface area contributed by atoms with Crippen LogP contribution in [0.2, 0.25) is 0 Å². The van der Waals surface area contributed by atoms with E-state index < -0.39 is 0 Å². The van der Waals surface area contributed by atoms with Gasteiger partial charge in [-0.3, -0.25) is 4.79 Å². The molecule has 3 nitrogen and oxygen atoms in total. The molecular weight excluding hydrogens is 154 g/mol. The molecule has 0 aliphatic heterocycles. The summed E-state index contributed by atoms with van der Waals surface area (Å²) in [7, 11) is 1.43. The second kappa shape index (κ2) is 6.00. The minimum Gasteiger partial charge on any atom is -0.469 e. The molecule has 0 aromatic carbocycles. The second-order valence-corrected chi connectivity index (χ2v) is 2.91. The van der Waals surface area contributed by atoms with Gasteiger partial charge in [-0.15, -0.1) is 0 Å². The zero-order valence-electron chi connectivity index (χ0n) is 8.46. The number of nitrogens with zero attached hydrogens (tertiary/aromatic N) is 1. The number of ether oxygens (including phenoxy) is 1. The van der Waals surface area contributed by atoms with Gasteiger partial charge in [0.05, 0.1) is 13.0 Å². The van der Waals surface area contributed by atoms with Crippen molar-refractivity contribution in [2.45, 2.75) is 20.8 Å². The number of hydrogen-bond donors (Lipinski definition) is 0. The lowest BCUT2D eigenvalue weighted by atomic mass is 10.1. The first kappa shape index (κ1) is 11.4. The fraction of sp³-hybridized carbons (Fsp3) is 0.889. The molecule has 0 N–H and O–H groups in total. The standard InChI is InChI=1S/C9H19NO2/c1-5-10(6-2)7-8(3)9(11)12-4/h8H,5-7H2,1-4H3/t8-/m1/s1. The van der Waals surface area contributed by atoms with Crippen LogP contribution < -0.4 is 0 Å². The van der Waals surface area contributed by atoms with E-state index in [0.717, 1.165) is 19.6 Å². The molecule has 0 radical (unpaired) electrons. The Kier molecular flexibility index (Phi) is 5.72.